The number of hydrogen-bond acceptors (Lipinski definition) is 3. The van der Waals surface area contributed by atoms with Gasteiger partial charge in [-0.25, -0.2) is 0 Å². The van der Waals surface area contributed by atoms with E-state index in [9.17, 15) is 5.11 Å². The molecule has 0 saturated heterocycles. The molecular weight excluding hydrogens is 252 g/mol. The van der Waals surface area contributed by atoms with E-state index in [0.717, 1.165) is 32.5 Å². The molecule has 3 atom stereocenters. The Balaban J connectivity index is 3.91. The molecule has 0 amide bonds. The molecule has 0 aromatic carbocycles. The van der Waals surface area contributed by atoms with Crippen molar-refractivity contribution in [3.63, 3.8) is 0 Å². The van der Waals surface area contributed by atoms with Crippen molar-refractivity contribution in [1.82, 2.24) is 0 Å². The maximum absolute atomic E-state index is 9.62. The van der Waals surface area contributed by atoms with Crippen LogP contribution in [0.3, 0.4) is 0 Å². The molecule has 0 aliphatic rings. The molecule has 3 heteroatoms. The smallest absolute Gasteiger partial charge is 0.0812 e. The molecule has 3 nitrogen and oxygen atoms in total. The Hall–Kier alpha value is -0.120. The monoisotopic (exact) mass is 288 g/mol. The summed E-state index contributed by atoms with van der Waals surface area (Å²) >= 11 is 0. The Kier molecular flexibility index (Phi) is 13.8. The van der Waals surface area contributed by atoms with Crippen LogP contribution in [0.15, 0.2) is 0 Å². The highest BCUT2D eigenvalue weighted by molar-refractivity contribution is 4.67. The van der Waals surface area contributed by atoms with E-state index in [0.29, 0.717) is 6.61 Å². The molecule has 0 aliphatic heterocycles. The summed E-state index contributed by atoms with van der Waals surface area (Å²) in [5.74, 6) is 0.255. The van der Waals surface area contributed by atoms with Crippen molar-refractivity contribution in [2.75, 3.05) is 19.8 Å². The average Bonchev–Trinajstić information content (AvgIpc) is 2.42. The Bertz CT molecular complexity index is 195. The van der Waals surface area contributed by atoms with Crippen LogP contribution in [-0.4, -0.2) is 37.1 Å². The van der Waals surface area contributed by atoms with Crippen molar-refractivity contribution >= 4 is 0 Å². The second kappa shape index (κ2) is 13.8. The summed E-state index contributed by atoms with van der Waals surface area (Å²) < 4.78 is 11.7. The van der Waals surface area contributed by atoms with Crippen molar-refractivity contribution in [1.29, 1.82) is 0 Å². The SMILES string of the molecule is CCCCCOCC(CC(C)C(C)O)OCCCCC. The molecule has 122 valence electrons. The van der Waals surface area contributed by atoms with E-state index in [1.807, 2.05) is 6.92 Å². The molecule has 0 aromatic heterocycles. The zero-order valence-corrected chi connectivity index (χ0v) is 14.1. The van der Waals surface area contributed by atoms with E-state index in [2.05, 4.69) is 20.8 Å². The summed E-state index contributed by atoms with van der Waals surface area (Å²) in [5.41, 5.74) is 0. The van der Waals surface area contributed by atoms with Gasteiger partial charge in [-0.1, -0.05) is 46.5 Å². The fourth-order valence-electron chi connectivity index (χ4n) is 2.07. The van der Waals surface area contributed by atoms with Crippen molar-refractivity contribution in [2.45, 2.75) is 84.8 Å². The van der Waals surface area contributed by atoms with Crippen LogP contribution in [0.2, 0.25) is 0 Å². The van der Waals surface area contributed by atoms with E-state index in [-0.39, 0.29) is 18.1 Å². The zero-order chi connectivity index (χ0) is 15.2. The second-order valence-corrected chi connectivity index (χ2v) is 5.94. The molecule has 0 spiro atoms. The third kappa shape index (κ3) is 11.7. The lowest BCUT2D eigenvalue weighted by Gasteiger charge is -2.23. The molecule has 0 aliphatic carbocycles. The fourth-order valence-corrected chi connectivity index (χ4v) is 2.07. The lowest BCUT2D eigenvalue weighted by molar-refractivity contribution is -0.0374. The van der Waals surface area contributed by atoms with Crippen LogP contribution in [0.25, 0.3) is 0 Å². The molecule has 0 bridgehead atoms. The zero-order valence-electron chi connectivity index (χ0n) is 14.1. The van der Waals surface area contributed by atoms with Crippen molar-refractivity contribution in [2.24, 2.45) is 5.92 Å². The van der Waals surface area contributed by atoms with E-state index in [4.69, 9.17) is 9.47 Å². The summed E-state index contributed by atoms with van der Waals surface area (Å²) in [6, 6.07) is 0. The van der Waals surface area contributed by atoms with Crippen molar-refractivity contribution in [3.05, 3.63) is 0 Å². The van der Waals surface area contributed by atoms with E-state index < -0.39 is 0 Å². The average molecular weight is 288 g/mol. The molecule has 0 aromatic rings. The Morgan fingerprint density at radius 2 is 1.50 bits per heavy atom. The predicted octanol–water partition coefficient (Wildman–Crippen LogP) is 4.18. The van der Waals surface area contributed by atoms with Gasteiger partial charge in [0.1, 0.15) is 0 Å². The molecule has 0 rings (SSSR count). The highest BCUT2D eigenvalue weighted by atomic mass is 16.5. The van der Waals surface area contributed by atoms with Crippen LogP contribution < -0.4 is 0 Å². The van der Waals surface area contributed by atoms with Crippen LogP contribution in [0, 0.1) is 5.92 Å². The maximum atomic E-state index is 9.62. The number of hydrogen-bond donors (Lipinski definition) is 1. The lowest BCUT2D eigenvalue weighted by atomic mass is 9.99. The third-order valence-corrected chi connectivity index (χ3v) is 3.76. The number of aliphatic hydroxyl groups is 1. The summed E-state index contributed by atoms with van der Waals surface area (Å²) in [7, 11) is 0. The van der Waals surface area contributed by atoms with E-state index >= 15 is 0 Å². The molecule has 3 unspecified atom stereocenters. The maximum Gasteiger partial charge on any atom is 0.0812 e. The summed E-state index contributed by atoms with van der Waals surface area (Å²) in [4.78, 5) is 0. The van der Waals surface area contributed by atoms with Crippen LogP contribution in [0.5, 0.6) is 0 Å². The largest absolute Gasteiger partial charge is 0.393 e. The molecule has 0 radical (unpaired) electrons. The summed E-state index contributed by atoms with van der Waals surface area (Å²) in [6.07, 6.45) is 7.84. The minimum absolute atomic E-state index is 0.123. The van der Waals surface area contributed by atoms with Gasteiger partial charge < -0.3 is 14.6 Å². The van der Waals surface area contributed by atoms with Gasteiger partial charge in [-0.15, -0.1) is 0 Å². The number of rotatable bonds is 14. The quantitative estimate of drug-likeness (QED) is 0.487. The number of ether oxygens (including phenoxy) is 2. The topological polar surface area (TPSA) is 38.7 Å². The van der Waals surface area contributed by atoms with Crippen molar-refractivity contribution < 1.29 is 14.6 Å². The van der Waals surface area contributed by atoms with E-state index in [1.54, 1.807) is 0 Å². The fraction of sp³-hybridized carbons (Fsp3) is 1.00. The Morgan fingerprint density at radius 1 is 0.900 bits per heavy atom. The minimum atomic E-state index is -0.281. The van der Waals surface area contributed by atoms with Crippen molar-refractivity contribution in [3.8, 4) is 0 Å². The van der Waals surface area contributed by atoms with Crippen LogP contribution in [-0.2, 0) is 9.47 Å². The first-order valence-corrected chi connectivity index (χ1v) is 8.49. The summed E-state index contributed by atoms with van der Waals surface area (Å²) in [6.45, 7) is 10.6. The molecule has 0 heterocycles. The van der Waals surface area contributed by atoms with Crippen LogP contribution in [0.4, 0.5) is 0 Å². The molecule has 20 heavy (non-hydrogen) atoms. The van der Waals surface area contributed by atoms with Gasteiger partial charge in [-0.2, -0.15) is 0 Å². The number of unbranched alkanes of at least 4 members (excludes halogenated alkanes) is 4. The molecule has 0 fully saturated rings. The third-order valence-electron chi connectivity index (χ3n) is 3.76. The first kappa shape index (κ1) is 19.9. The number of aliphatic hydroxyl groups excluding tert-OH is 1. The van der Waals surface area contributed by atoms with Gasteiger partial charge in [0.2, 0.25) is 0 Å². The van der Waals surface area contributed by atoms with Gasteiger partial charge in [-0.3, -0.25) is 0 Å². The molecular formula is C17H36O3. The first-order valence-electron chi connectivity index (χ1n) is 8.49. The van der Waals surface area contributed by atoms with Gasteiger partial charge in [0, 0.05) is 13.2 Å². The Labute approximate surface area is 126 Å². The first-order chi connectivity index (χ1) is 9.61. The predicted molar refractivity (Wildman–Crippen MR) is 85.1 cm³/mol. The minimum Gasteiger partial charge on any atom is -0.393 e. The summed E-state index contributed by atoms with van der Waals surface area (Å²) in [5, 5.41) is 9.62. The van der Waals surface area contributed by atoms with Gasteiger partial charge in [0.05, 0.1) is 18.8 Å². The van der Waals surface area contributed by atoms with Gasteiger partial charge in [0.15, 0.2) is 0 Å². The molecule has 1 N–H and O–H groups in total. The van der Waals surface area contributed by atoms with Crippen LogP contribution >= 0.6 is 0 Å². The second-order valence-electron chi connectivity index (χ2n) is 5.94. The van der Waals surface area contributed by atoms with Gasteiger partial charge in [-0.05, 0) is 32.1 Å². The Morgan fingerprint density at radius 3 is 2.05 bits per heavy atom. The lowest BCUT2D eigenvalue weighted by Crippen LogP contribution is -2.27. The van der Waals surface area contributed by atoms with E-state index in [1.165, 1.54) is 25.7 Å². The highest BCUT2D eigenvalue weighted by Crippen LogP contribution is 2.14. The van der Waals surface area contributed by atoms with Gasteiger partial charge >= 0.3 is 0 Å². The normalized spacial score (nSPS) is 16.1. The molecule has 0 saturated carbocycles. The standard InChI is InChI=1S/C17H36O3/c1-5-7-9-11-19-14-17(13-15(3)16(4)18)20-12-10-8-6-2/h15-18H,5-14H2,1-4H3. The van der Waals surface area contributed by atoms with Crippen LogP contribution in [0.1, 0.15) is 72.6 Å². The highest BCUT2D eigenvalue weighted by Gasteiger charge is 2.17. The van der Waals surface area contributed by atoms with Gasteiger partial charge in [0.25, 0.3) is 0 Å².